The van der Waals surface area contributed by atoms with Gasteiger partial charge in [-0.05, 0) is 57.2 Å². The lowest BCUT2D eigenvalue weighted by atomic mass is 10.00. The summed E-state index contributed by atoms with van der Waals surface area (Å²) in [7, 11) is 0. The molecule has 0 aromatic carbocycles. The maximum Gasteiger partial charge on any atom is 0.416 e. The molecule has 5 heteroatoms. The van der Waals surface area contributed by atoms with Gasteiger partial charge in [-0.25, -0.2) is 9.78 Å². The fraction of sp³-hybridized carbons (Fsp3) is 0.500. The average molecular weight is 313 g/mol. The van der Waals surface area contributed by atoms with Crippen molar-refractivity contribution in [2.75, 3.05) is 18.0 Å². The molecule has 3 heterocycles. The number of carbonyl (C=O) groups excluding carboxylic acids is 1. The van der Waals surface area contributed by atoms with Gasteiger partial charge in [0.05, 0.1) is 0 Å². The molecule has 0 bridgehead atoms. The van der Waals surface area contributed by atoms with E-state index in [1.54, 1.807) is 4.90 Å². The summed E-state index contributed by atoms with van der Waals surface area (Å²) >= 11 is 0. The number of aryl methyl sites for hydroxylation is 1. The normalized spacial score (nSPS) is 17.5. The molecule has 0 fully saturated rings. The molecule has 2 aliphatic rings. The average Bonchev–Trinajstić information content (AvgIpc) is 2.53. The zero-order valence-corrected chi connectivity index (χ0v) is 14.0. The Hall–Kier alpha value is -2.17. The van der Waals surface area contributed by atoms with Gasteiger partial charge in [-0.3, -0.25) is 9.89 Å². The number of allylic oxidation sites excluding steroid dienone is 1. The highest BCUT2D eigenvalue weighted by Crippen LogP contribution is 2.29. The van der Waals surface area contributed by atoms with Crippen molar-refractivity contribution < 1.29 is 9.53 Å². The number of dihydropyridines is 1. The van der Waals surface area contributed by atoms with E-state index in [1.165, 1.54) is 0 Å². The highest BCUT2D eigenvalue weighted by Gasteiger charge is 2.28. The van der Waals surface area contributed by atoms with E-state index in [4.69, 9.17) is 4.74 Å². The van der Waals surface area contributed by atoms with Crippen molar-refractivity contribution >= 4 is 23.7 Å². The van der Waals surface area contributed by atoms with E-state index in [-0.39, 0.29) is 6.09 Å². The quantitative estimate of drug-likeness (QED) is 0.795. The van der Waals surface area contributed by atoms with Crippen LogP contribution in [0.5, 0.6) is 0 Å². The minimum atomic E-state index is -0.502. The number of pyridine rings is 1. The molecule has 3 rings (SSSR count). The molecule has 23 heavy (non-hydrogen) atoms. The first kappa shape index (κ1) is 15.7. The summed E-state index contributed by atoms with van der Waals surface area (Å²) in [6.45, 7) is 7.14. The zero-order chi connectivity index (χ0) is 16.4. The minimum Gasteiger partial charge on any atom is -0.443 e. The van der Waals surface area contributed by atoms with E-state index in [1.807, 2.05) is 33.2 Å². The predicted molar refractivity (Wildman–Crippen MR) is 92.1 cm³/mol. The molecule has 1 amide bonds. The molecular formula is C18H23N3O2. The fourth-order valence-corrected chi connectivity index (χ4v) is 2.82. The topological polar surface area (TPSA) is 54.8 Å². The lowest BCUT2D eigenvalue weighted by Gasteiger charge is -2.31. The maximum atomic E-state index is 12.4. The lowest BCUT2D eigenvalue weighted by Crippen LogP contribution is -2.40. The summed E-state index contributed by atoms with van der Waals surface area (Å²) in [5, 5.41) is 0. The Labute approximate surface area is 137 Å². The van der Waals surface area contributed by atoms with Crippen molar-refractivity contribution in [3.8, 4) is 0 Å². The first-order valence-electron chi connectivity index (χ1n) is 8.14. The van der Waals surface area contributed by atoms with Crippen molar-refractivity contribution in [1.82, 2.24) is 4.98 Å². The van der Waals surface area contributed by atoms with Crippen LogP contribution in [0, 0.1) is 0 Å². The van der Waals surface area contributed by atoms with E-state index < -0.39 is 5.60 Å². The molecule has 1 aromatic heterocycles. The second kappa shape index (κ2) is 6.14. The molecule has 122 valence electrons. The van der Waals surface area contributed by atoms with Crippen LogP contribution in [0.1, 0.15) is 44.7 Å². The van der Waals surface area contributed by atoms with Gasteiger partial charge in [0.2, 0.25) is 0 Å². The molecule has 0 atom stereocenters. The summed E-state index contributed by atoms with van der Waals surface area (Å²) in [5.41, 5.74) is 2.77. The summed E-state index contributed by atoms with van der Waals surface area (Å²) in [6, 6.07) is 2.13. The predicted octanol–water partition coefficient (Wildman–Crippen LogP) is 3.63. The van der Waals surface area contributed by atoms with Gasteiger partial charge in [-0.2, -0.15) is 0 Å². The van der Waals surface area contributed by atoms with Crippen LogP contribution in [-0.2, 0) is 11.2 Å². The number of fused-ring (bicyclic) bond motifs is 1. The molecular weight excluding hydrogens is 290 g/mol. The van der Waals surface area contributed by atoms with Crippen LogP contribution < -0.4 is 4.90 Å². The second-order valence-corrected chi connectivity index (χ2v) is 6.93. The van der Waals surface area contributed by atoms with E-state index in [0.29, 0.717) is 6.54 Å². The SMILES string of the molecule is CC(C)(C)OC(=O)N1CCCc2cc(C3=CCCN=C3)cnc21. The molecule has 0 radical (unpaired) electrons. The van der Waals surface area contributed by atoms with Gasteiger partial charge in [0.1, 0.15) is 11.4 Å². The Morgan fingerprint density at radius 3 is 2.87 bits per heavy atom. The third kappa shape index (κ3) is 3.60. The van der Waals surface area contributed by atoms with Gasteiger partial charge < -0.3 is 4.74 Å². The molecule has 0 N–H and O–H groups in total. The van der Waals surface area contributed by atoms with Crippen LogP contribution in [0.15, 0.2) is 23.3 Å². The van der Waals surface area contributed by atoms with E-state index in [2.05, 4.69) is 22.1 Å². The lowest BCUT2D eigenvalue weighted by molar-refractivity contribution is 0.0576. The molecule has 2 aliphatic heterocycles. The van der Waals surface area contributed by atoms with E-state index in [0.717, 1.165) is 48.3 Å². The van der Waals surface area contributed by atoms with Crippen molar-refractivity contribution in [2.45, 2.75) is 45.6 Å². The van der Waals surface area contributed by atoms with Crippen molar-refractivity contribution in [3.05, 3.63) is 29.5 Å². The Bertz CT molecular complexity index is 671. The number of hydrogen-bond acceptors (Lipinski definition) is 4. The largest absolute Gasteiger partial charge is 0.443 e. The number of carbonyl (C=O) groups is 1. The third-order valence-electron chi connectivity index (χ3n) is 3.83. The summed E-state index contributed by atoms with van der Waals surface area (Å²) in [5.74, 6) is 0.725. The number of ether oxygens (including phenoxy) is 1. The Balaban J connectivity index is 1.87. The molecule has 0 aliphatic carbocycles. The monoisotopic (exact) mass is 313 g/mol. The third-order valence-corrected chi connectivity index (χ3v) is 3.83. The molecule has 1 aromatic rings. The number of nitrogens with zero attached hydrogens (tertiary/aromatic N) is 3. The Kier molecular flexibility index (Phi) is 4.20. The molecule has 0 saturated heterocycles. The van der Waals surface area contributed by atoms with Gasteiger partial charge in [-0.15, -0.1) is 0 Å². The number of hydrogen-bond donors (Lipinski definition) is 0. The summed E-state index contributed by atoms with van der Waals surface area (Å²) < 4.78 is 5.50. The summed E-state index contributed by atoms with van der Waals surface area (Å²) in [4.78, 5) is 22.9. The van der Waals surface area contributed by atoms with Crippen molar-refractivity contribution in [1.29, 1.82) is 0 Å². The van der Waals surface area contributed by atoms with Crippen LogP contribution in [0.3, 0.4) is 0 Å². The number of anilines is 1. The number of amides is 1. The van der Waals surface area contributed by atoms with Gasteiger partial charge in [0.25, 0.3) is 0 Å². The fourth-order valence-electron chi connectivity index (χ4n) is 2.82. The number of rotatable bonds is 1. The van der Waals surface area contributed by atoms with Gasteiger partial charge in [-0.1, -0.05) is 6.08 Å². The highest BCUT2D eigenvalue weighted by atomic mass is 16.6. The van der Waals surface area contributed by atoms with Crippen LogP contribution >= 0.6 is 0 Å². The first-order valence-corrected chi connectivity index (χ1v) is 8.14. The summed E-state index contributed by atoms with van der Waals surface area (Å²) in [6.07, 6.45) is 8.41. The Morgan fingerprint density at radius 1 is 1.35 bits per heavy atom. The van der Waals surface area contributed by atoms with Crippen LogP contribution in [0.25, 0.3) is 5.57 Å². The minimum absolute atomic E-state index is 0.322. The van der Waals surface area contributed by atoms with Crippen molar-refractivity contribution in [2.24, 2.45) is 4.99 Å². The van der Waals surface area contributed by atoms with Crippen LogP contribution in [0.2, 0.25) is 0 Å². The smallest absolute Gasteiger partial charge is 0.416 e. The second-order valence-electron chi connectivity index (χ2n) is 6.93. The zero-order valence-electron chi connectivity index (χ0n) is 14.0. The van der Waals surface area contributed by atoms with E-state index in [9.17, 15) is 4.79 Å². The molecule has 0 spiro atoms. The Morgan fingerprint density at radius 2 is 2.17 bits per heavy atom. The van der Waals surface area contributed by atoms with Crippen LogP contribution in [-0.4, -0.2) is 36.0 Å². The number of aromatic nitrogens is 1. The number of aliphatic imine (C=N–C) groups is 1. The molecule has 0 unspecified atom stereocenters. The van der Waals surface area contributed by atoms with Crippen LogP contribution in [0.4, 0.5) is 10.6 Å². The maximum absolute atomic E-state index is 12.4. The first-order chi connectivity index (χ1) is 10.9. The van der Waals surface area contributed by atoms with Gasteiger partial charge in [0, 0.05) is 31.1 Å². The van der Waals surface area contributed by atoms with Gasteiger partial charge >= 0.3 is 6.09 Å². The van der Waals surface area contributed by atoms with Crippen molar-refractivity contribution in [3.63, 3.8) is 0 Å². The van der Waals surface area contributed by atoms with Gasteiger partial charge in [0.15, 0.2) is 0 Å². The highest BCUT2D eigenvalue weighted by molar-refractivity contribution is 6.10. The molecule has 0 saturated carbocycles. The van der Waals surface area contributed by atoms with E-state index >= 15 is 0 Å². The standard InChI is InChI=1S/C18H23N3O2/c1-18(2,3)23-17(22)21-9-5-7-13-10-15(12-20-16(13)21)14-6-4-8-19-11-14/h6,10-12H,4-5,7-9H2,1-3H3. The molecule has 5 nitrogen and oxygen atoms in total.